The molecular formula is C19H23N5OS. The van der Waals surface area contributed by atoms with Gasteiger partial charge >= 0.3 is 0 Å². The topological polar surface area (TPSA) is 70.2 Å². The molecule has 0 fully saturated rings. The number of hydrogen-bond donors (Lipinski definition) is 2. The first-order chi connectivity index (χ1) is 12.6. The molecule has 1 atom stereocenters. The molecule has 7 heteroatoms. The Bertz CT molecular complexity index is 779. The van der Waals surface area contributed by atoms with Gasteiger partial charge in [-0.3, -0.25) is 4.79 Å². The third-order valence-corrected chi connectivity index (χ3v) is 5.64. The van der Waals surface area contributed by atoms with E-state index in [1.807, 2.05) is 48.3 Å². The van der Waals surface area contributed by atoms with Gasteiger partial charge in [0, 0.05) is 24.7 Å². The number of hydrogen-bond acceptors (Lipinski definition) is 6. The molecule has 6 nitrogen and oxygen atoms in total. The first-order valence-corrected chi connectivity index (χ1v) is 9.42. The molecule has 2 N–H and O–H groups in total. The van der Waals surface area contributed by atoms with Crippen LogP contribution in [0.25, 0.3) is 0 Å². The average molecular weight is 369 g/mol. The van der Waals surface area contributed by atoms with E-state index < -0.39 is 0 Å². The summed E-state index contributed by atoms with van der Waals surface area (Å²) in [5, 5.41) is 6.39. The van der Waals surface area contributed by atoms with Crippen LogP contribution in [0.5, 0.6) is 0 Å². The maximum Gasteiger partial charge on any atom is 0.268 e. The fraction of sp³-hybridized carbons (Fsp3) is 0.316. The number of amides is 1. The Morgan fingerprint density at radius 3 is 2.69 bits per heavy atom. The van der Waals surface area contributed by atoms with E-state index in [4.69, 9.17) is 0 Å². The van der Waals surface area contributed by atoms with Crippen molar-refractivity contribution < 1.29 is 4.79 Å². The molecule has 2 heterocycles. The number of benzene rings is 1. The fourth-order valence-corrected chi connectivity index (χ4v) is 4.02. The highest BCUT2D eigenvalue weighted by Gasteiger charge is 2.35. The first-order valence-electron chi connectivity index (χ1n) is 8.54. The molecule has 1 amide bonds. The van der Waals surface area contributed by atoms with Gasteiger partial charge < -0.3 is 15.5 Å². The van der Waals surface area contributed by atoms with E-state index in [2.05, 4.69) is 34.4 Å². The minimum absolute atomic E-state index is 0.0560. The maximum atomic E-state index is 12.9. The van der Waals surface area contributed by atoms with Crippen molar-refractivity contribution in [2.75, 3.05) is 12.4 Å². The molecule has 1 aliphatic rings. The SMILES string of the molecule is CC(C)C1=C(C(=O)NCc2ccccc2)N(C)C(Nc2ccncn2)S1. The number of rotatable bonds is 6. The molecule has 1 aromatic heterocycles. The molecule has 0 saturated carbocycles. The molecule has 0 saturated heterocycles. The Hall–Kier alpha value is -2.54. The molecular weight excluding hydrogens is 346 g/mol. The summed E-state index contributed by atoms with van der Waals surface area (Å²) < 4.78 is 0. The molecule has 3 rings (SSSR count). The summed E-state index contributed by atoms with van der Waals surface area (Å²) in [5.41, 5.74) is 1.71. The standard InChI is InChI=1S/C19H23N5OS/c1-13(2)17-16(18(25)21-11-14-7-5-4-6-8-14)24(3)19(26-17)23-15-9-10-20-12-22-15/h4-10,12-13,19H,11H2,1-3H3,(H,21,25)(H,20,22,23). The molecule has 136 valence electrons. The summed E-state index contributed by atoms with van der Waals surface area (Å²) in [6.45, 7) is 4.72. The van der Waals surface area contributed by atoms with Gasteiger partial charge in [0.25, 0.3) is 5.91 Å². The molecule has 0 bridgehead atoms. The number of nitrogens with one attached hydrogen (secondary N) is 2. The number of allylic oxidation sites excluding steroid dienone is 1. The van der Waals surface area contributed by atoms with E-state index in [9.17, 15) is 4.79 Å². The molecule has 1 unspecified atom stereocenters. The van der Waals surface area contributed by atoms with Gasteiger partial charge in [0.05, 0.1) is 0 Å². The van der Waals surface area contributed by atoms with Crippen LogP contribution in [0.2, 0.25) is 0 Å². The van der Waals surface area contributed by atoms with Crippen molar-refractivity contribution >= 4 is 23.5 Å². The molecule has 0 radical (unpaired) electrons. The summed E-state index contributed by atoms with van der Waals surface area (Å²) in [4.78, 5) is 24.1. The third kappa shape index (κ3) is 4.16. The fourth-order valence-electron chi connectivity index (χ4n) is 2.72. The second kappa shape index (κ2) is 8.23. The van der Waals surface area contributed by atoms with Crippen molar-refractivity contribution in [3.8, 4) is 0 Å². The van der Waals surface area contributed by atoms with Crippen LogP contribution in [-0.2, 0) is 11.3 Å². The van der Waals surface area contributed by atoms with Crippen LogP contribution in [0.4, 0.5) is 5.82 Å². The van der Waals surface area contributed by atoms with Crippen LogP contribution in [0.1, 0.15) is 19.4 Å². The summed E-state index contributed by atoms with van der Waals surface area (Å²) in [7, 11) is 1.93. The predicted molar refractivity (Wildman–Crippen MR) is 105 cm³/mol. The van der Waals surface area contributed by atoms with E-state index in [1.165, 1.54) is 6.33 Å². The van der Waals surface area contributed by atoms with Gasteiger partial charge in [0.15, 0.2) is 5.50 Å². The van der Waals surface area contributed by atoms with E-state index in [1.54, 1.807) is 18.0 Å². The van der Waals surface area contributed by atoms with Gasteiger partial charge in [-0.05, 0) is 17.5 Å². The van der Waals surface area contributed by atoms with Crippen molar-refractivity contribution in [2.45, 2.75) is 25.9 Å². The molecule has 0 spiro atoms. The Balaban J connectivity index is 1.72. The zero-order chi connectivity index (χ0) is 18.5. The number of likely N-dealkylation sites (N-methyl/N-ethyl adjacent to an activating group) is 1. The van der Waals surface area contributed by atoms with E-state index in [-0.39, 0.29) is 17.3 Å². The molecule has 26 heavy (non-hydrogen) atoms. The molecule has 2 aromatic rings. The minimum atomic E-state index is -0.0835. The number of carbonyl (C=O) groups excluding carboxylic acids is 1. The molecule has 1 aliphatic heterocycles. The molecule has 1 aromatic carbocycles. The van der Waals surface area contributed by atoms with Crippen molar-refractivity contribution in [3.63, 3.8) is 0 Å². The van der Waals surface area contributed by atoms with Crippen LogP contribution < -0.4 is 10.6 Å². The first kappa shape index (κ1) is 18.3. The zero-order valence-electron chi connectivity index (χ0n) is 15.1. The lowest BCUT2D eigenvalue weighted by Gasteiger charge is -2.24. The van der Waals surface area contributed by atoms with Crippen molar-refractivity contribution in [2.24, 2.45) is 5.92 Å². The number of thioether (sulfide) groups is 1. The lowest BCUT2D eigenvalue weighted by molar-refractivity contribution is -0.119. The number of carbonyl (C=O) groups is 1. The van der Waals surface area contributed by atoms with Gasteiger partial charge in [0.2, 0.25) is 0 Å². The zero-order valence-corrected chi connectivity index (χ0v) is 16.0. The van der Waals surface area contributed by atoms with Crippen molar-refractivity contribution in [1.82, 2.24) is 20.2 Å². The normalized spacial score (nSPS) is 16.9. The average Bonchev–Trinajstić information content (AvgIpc) is 2.98. The number of nitrogens with zero attached hydrogens (tertiary/aromatic N) is 3. The lowest BCUT2D eigenvalue weighted by Crippen LogP contribution is -2.37. The van der Waals surface area contributed by atoms with Gasteiger partial charge in [-0.1, -0.05) is 55.9 Å². The molecule has 0 aliphatic carbocycles. The second-order valence-corrected chi connectivity index (χ2v) is 7.48. The van der Waals surface area contributed by atoms with Gasteiger partial charge in [0.1, 0.15) is 17.8 Å². The van der Waals surface area contributed by atoms with Gasteiger partial charge in [-0.2, -0.15) is 0 Å². The van der Waals surface area contributed by atoms with E-state index in [0.717, 1.165) is 16.3 Å². The predicted octanol–water partition coefficient (Wildman–Crippen LogP) is 3.03. The van der Waals surface area contributed by atoms with Crippen LogP contribution in [0.3, 0.4) is 0 Å². The van der Waals surface area contributed by atoms with Gasteiger partial charge in [-0.25, -0.2) is 9.97 Å². The Kier molecular flexibility index (Phi) is 5.78. The summed E-state index contributed by atoms with van der Waals surface area (Å²) in [5.74, 6) is 0.940. The minimum Gasteiger partial charge on any atom is -0.347 e. The van der Waals surface area contributed by atoms with Crippen LogP contribution in [-0.4, -0.2) is 33.3 Å². The van der Waals surface area contributed by atoms with Crippen LogP contribution >= 0.6 is 11.8 Å². The highest BCUT2D eigenvalue weighted by Crippen LogP contribution is 2.41. The number of aromatic nitrogens is 2. The highest BCUT2D eigenvalue weighted by atomic mass is 32.2. The second-order valence-electron chi connectivity index (χ2n) is 6.36. The summed E-state index contributed by atoms with van der Waals surface area (Å²) in [6.07, 6.45) is 3.20. The Morgan fingerprint density at radius 2 is 2.04 bits per heavy atom. The quantitative estimate of drug-likeness (QED) is 0.816. The van der Waals surface area contributed by atoms with Crippen molar-refractivity contribution in [3.05, 3.63) is 65.1 Å². The third-order valence-electron chi connectivity index (χ3n) is 4.07. The number of anilines is 1. The van der Waals surface area contributed by atoms with E-state index >= 15 is 0 Å². The maximum absolute atomic E-state index is 12.9. The largest absolute Gasteiger partial charge is 0.347 e. The Labute approximate surface area is 158 Å². The van der Waals surface area contributed by atoms with E-state index in [0.29, 0.717) is 12.2 Å². The van der Waals surface area contributed by atoms with Crippen LogP contribution in [0, 0.1) is 5.92 Å². The monoisotopic (exact) mass is 369 g/mol. The highest BCUT2D eigenvalue weighted by molar-refractivity contribution is 8.04. The Morgan fingerprint density at radius 1 is 1.27 bits per heavy atom. The smallest absolute Gasteiger partial charge is 0.268 e. The van der Waals surface area contributed by atoms with Crippen LogP contribution in [0.15, 0.2) is 59.5 Å². The van der Waals surface area contributed by atoms with Gasteiger partial charge in [-0.15, -0.1) is 0 Å². The summed E-state index contributed by atoms with van der Waals surface area (Å²) >= 11 is 1.65. The summed E-state index contributed by atoms with van der Waals surface area (Å²) in [6, 6.07) is 11.7. The lowest BCUT2D eigenvalue weighted by atomic mass is 10.1. The van der Waals surface area contributed by atoms with Crippen molar-refractivity contribution in [1.29, 1.82) is 0 Å².